The second kappa shape index (κ2) is 8.96. The van der Waals surface area contributed by atoms with Crippen LogP contribution in [0, 0.1) is 27.7 Å². The summed E-state index contributed by atoms with van der Waals surface area (Å²) >= 11 is 9.53. The van der Waals surface area contributed by atoms with Crippen LogP contribution in [0.15, 0.2) is 71.5 Å². The molecule has 1 aliphatic heterocycles. The van der Waals surface area contributed by atoms with Gasteiger partial charge in [-0.25, -0.2) is 4.98 Å². The highest BCUT2D eigenvalue weighted by molar-refractivity contribution is 9.10. The number of pyridine rings is 2. The lowest BCUT2D eigenvalue weighted by Crippen LogP contribution is -2.29. The van der Waals surface area contributed by atoms with Gasteiger partial charge in [0.2, 0.25) is 0 Å². The van der Waals surface area contributed by atoms with E-state index in [1.165, 1.54) is 11.1 Å². The molecule has 0 saturated carbocycles. The summed E-state index contributed by atoms with van der Waals surface area (Å²) in [7, 11) is 0. The van der Waals surface area contributed by atoms with Crippen LogP contribution in [-0.2, 0) is 0 Å². The number of aryl methyl sites for hydroxylation is 3. The molecule has 4 heterocycles. The second-order valence-electron chi connectivity index (χ2n) is 8.78. The molecular formula is C27H26BrN5S. The third-order valence-electron chi connectivity index (χ3n) is 6.44. The molecule has 1 aliphatic rings. The number of nitrogens with one attached hydrogen (secondary N) is 1. The monoisotopic (exact) mass is 531 g/mol. The van der Waals surface area contributed by atoms with E-state index in [1.54, 1.807) is 0 Å². The van der Waals surface area contributed by atoms with Crippen LogP contribution in [0.4, 0.5) is 5.69 Å². The lowest BCUT2D eigenvalue weighted by atomic mass is 9.96. The molecule has 0 amide bonds. The summed E-state index contributed by atoms with van der Waals surface area (Å²) in [6, 6.07) is 18.6. The van der Waals surface area contributed by atoms with Gasteiger partial charge in [-0.3, -0.25) is 4.98 Å². The van der Waals surface area contributed by atoms with Gasteiger partial charge in [-0.05, 0) is 105 Å². The SMILES string of the molecule is Cc1ccnc(-n2c(C)cc([C@H]3[C@@H](c4ccccn4)NC(=S)N3c3ccc(Br)c(C)c3)c2C)c1. The zero-order valence-corrected chi connectivity index (χ0v) is 22.0. The van der Waals surface area contributed by atoms with Gasteiger partial charge in [0.15, 0.2) is 5.11 Å². The summed E-state index contributed by atoms with van der Waals surface area (Å²) in [4.78, 5) is 11.6. The van der Waals surface area contributed by atoms with E-state index in [2.05, 4.69) is 105 Å². The minimum Gasteiger partial charge on any atom is -0.351 e. The van der Waals surface area contributed by atoms with E-state index < -0.39 is 0 Å². The molecule has 0 unspecified atom stereocenters. The Balaban J connectivity index is 1.69. The van der Waals surface area contributed by atoms with Crippen molar-refractivity contribution < 1.29 is 0 Å². The highest BCUT2D eigenvalue weighted by Crippen LogP contribution is 2.44. The van der Waals surface area contributed by atoms with Crippen molar-refractivity contribution >= 4 is 38.9 Å². The second-order valence-corrected chi connectivity index (χ2v) is 10.0. The summed E-state index contributed by atoms with van der Waals surface area (Å²) in [5.74, 6) is 0.926. The van der Waals surface area contributed by atoms with Gasteiger partial charge in [-0.15, -0.1) is 0 Å². The molecule has 4 aromatic rings. The highest BCUT2D eigenvalue weighted by Gasteiger charge is 2.42. The van der Waals surface area contributed by atoms with Crippen molar-refractivity contribution in [3.05, 3.63) is 105 Å². The zero-order chi connectivity index (χ0) is 24.0. The predicted molar refractivity (Wildman–Crippen MR) is 145 cm³/mol. The topological polar surface area (TPSA) is 46.0 Å². The zero-order valence-electron chi connectivity index (χ0n) is 19.6. The van der Waals surface area contributed by atoms with E-state index in [0.29, 0.717) is 5.11 Å². The number of thiocarbonyl (C=S) groups is 1. The molecule has 3 aromatic heterocycles. The molecule has 1 N–H and O–H groups in total. The number of halogens is 1. The third-order valence-corrected chi connectivity index (χ3v) is 7.64. The maximum Gasteiger partial charge on any atom is 0.174 e. The highest BCUT2D eigenvalue weighted by atomic mass is 79.9. The molecule has 34 heavy (non-hydrogen) atoms. The van der Waals surface area contributed by atoms with Gasteiger partial charge in [-0.1, -0.05) is 22.0 Å². The van der Waals surface area contributed by atoms with Crippen molar-refractivity contribution in [1.29, 1.82) is 0 Å². The molecule has 5 nitrogen and oxygen atoms in total. The Kier molecular flexibility index (Phi) is 6.00. The van der Waals surface area contributed by atoms with Gasteiger partial charge in [0.05, 0.1) is 17.8 Å². The van der Waals surface area contributed by atoms with Crippen molar-refractivity contribution in [1.82, 2.24) is 19.9 Å². The molecule has 1 fully saturated rings. The predicted octanol–water partition coefficient (Wildman–Crippen LogP) is 6.44. The van der Waals surface area contributed by atoms with Crippen LogP contribution in [0.1, 0.15) is 45.9 Å². The lowest BCUT2D eigenvalue weighted by Gasteiger charge is -2.28. The van der Waals surface area contributed by atoms with E-state index in [4.69, 9.17) is 12.2 Å². The Morgan fingerprint density at radius 3 is 2.47 bits per heavy atom. The number of nitrogens with zero attached hydrogens (tertiary/aromatic N) is 4. The molecule has 0 aliphatic carbocycles. The number of rotatable bonds is 4. The molecule has 1 saturated heterocycles. The molecule has 1 aromatic carbocycles. The summed E-state index contributed by atoms with van der Waals surface area (Å²) in [5, 5.41) is 4.26. The van der Waals surface area contributed by atoms with Gasteiger partial charge in [-0.2, -0.15) is 0 Å². The maximum absolute atomic E-state index is 5.90. The first-order chi connectivity index (χ1) is 16.3. The average Bonchev–Trinajstić information content (AvgIpc) is 3.31. The van der Waals surface area contributed by atoms with Crippen LogP contribution in [-0.4, -0.2) is 19.6 Å². The summed E-state index contributed by atoms with van der Waals surface area (Å²) in [6.45, 7) is 8.48. The molecular weight excluding hydrogens is 506 g/mol. The number of anilines is 1. The summed E-state index contributed by atoms with van der Waals surface area (Å²) in [6.07, 6.45) is 3.70. The Morgan fingerprint density at radius 1 is 0.941 bits per heavy atom. The van der Waals surface area contributed by atoms with Crippen molar-refractivity contribution in [2.45, 2.75) is 39.8 Å². The van der Waals surface area contributed by atoms with Crippen LogP contribution in [0.25, 0.3) is 5.82 Å². The Hall–Kier alpha value is -3.03. The van der Waals surface area contributed by atoms with Crippen LogP contribution in [0.5, 0.6) is 0 Å². The minimum atomic E-state index is -0.0860. The molecule has 2 atom stereocenters. The molecule has 0 radical (unpaired) electrons. The van der Waals surface area contributed by atoms with Crippen molar-refractivity contribution in [3.63, 3.8) is 0 Å². The van der Waals surface area contributed by atoms with Crippen molar-refractivity contribution in [3.8, 4) is 5.82 Å². The van der Waals surface area contributed by atoms with Crippen molar-refractivity contribution in [2.24, 2.45) is 0 Å². The first-order valence-electron chi connectivity index (χ1n) is 11.2. The van der Waals surface area contributed by atoms with Gasteiger partial charge in [0.25, 0.3) is 0 Å². The van der Waals surface area contributed by atoms with E-state index in [9.17, 15) is 0 Å². The first kappa shape index (κ1) is 22.7. The van der Waals surface area contributed by atoms with Gasteiger partial charge in [0.1, 0.15) is 5.82 Å². The van der Waals surface area contributed by atoms with Crippen LogP contribution in [0.2, 0.25) is 0 Å². The van der Waals surface area contributed by atoms with Gasteiger partial charge in [0, 0.05) is 33.9 Å². The largest absolute Gasteiger partial charge is 0.351 e. The van der Waals surface area contributed by atoms with Crippen LogP contribution < -0.4 is 10.2 Å². The first-order valence-corrected chi connectivity index (χ1v) is 12.4. The average molecular weight is 533 g/mol. The number of hydrogen-bond acceptors (Lipinski definition) is 3. The quantitative estimate of drug-likeness (QED) is 0.307. The van der Waals surface area contributed by atoms with Gasteiger partial charge >= 0.3 is 0 Å². The van der Waals surface area contributed by atoms with E-state index in [1.807, 2.05) is 30.6 Å². The molecule has 5 rings (SSSR count). The fourth-order valence-corrected chi connectivity index (χ4v) is 5.40. The van der Waals surface area contributed by atoms with Crippen molar-refractivity contribution in [2.75, 3.05) is 4.90 Å². The smallest absolute Gasteiger partial charge is 0.174 e. The standard InChI is InChI=1S/C27H26BrN5S/c1-16-10-12-30-24(13-16)32-18(3)15-21(19(32)4)26-25(23-7-5-6-11-29-23)31-27(34)33(26)20-8-9-22(28)17(2)14-20/h5-15,25-26H,1-4H3,(H,31,34)/t25-,26+/m1/s1. The Labute approximate surface area is 214 Å². The fraction of sp³-hybridized carbons (Fsp3) is 0.222. The van der Waals surface area contributed by atoms with E-state index >= 15 is 0 Å². The summed E-state index contributed by atoms with van der Waals surface area (Å²) < 4.78 is 3.31. The fourth-order valence-electron chi connectivity index (χ4n) is 4.81. The Bertz CT molecular complexity index is 1380. The molecule has 0 bridgehead atoms. The normalized spacial score (nSPS) is 17.8. The number of aromatic nitrogens is 3. The molecule has 0 spiro atoms. The minimum absolute atomic E-state index is 0.0623. The van der Waals surface area contributed by atoms with Crippen LogP contribution in [0.3, 0.4) is 0 Å². The summed E-state index contributed by atoms with van der Waals surface area (Å²) in [5.41, 5.74) is 7.84. The molecule has 172 valence electrons. The van der Waals surface area contributed by atoms with E-state index in [-0.39, 0.29) is 12.1 Å². The third kappa shape index (κ3) is 3.93. The molecule has 7 heteroatoms. The maximum atomic E-state index is 5.90. The van der Waals surface area contributed by atoms with Gasteiger partial charge < -0.3 is 14.8 Å². The van der Waals surface area contributed by atoms with Crippen LogP contribution >= 0.6 is 28.1 Å². The number of hydrogen-bond donors (Lipinski definition) is 1. The number of benzene rings is 1. The Morgan fingerprint density at radius 2 is 1.76 bits per heavy atom. The lowest BCUT2D eigenvalue weighted by molar-refractivity contribution is 0.565. The van der Waals surface area contributed by atoms with E-state index in [0.717, 1.165) is 38.6 Å².